The lowest BCUT2D eigenvalue weighted by atomic mass is 9.40. The van der Waals surface area contributed by atoms with Crippen molar-refractivity contribution in [3.05, 3.63) is 36.9 Å². The summed E-state index contributed by atoms with van der Waals surface area (Å²) in [5.74, 6) is 3.18. The van der Waals surface area contributed by atoms with Gasteiger partial charge in [-0.2, -0.15) is 0 Å². The van der Waals surface area contributed by atoms with Crippen LogP contribution >= 0.6 is 0 Å². The molecule has 0 N–H and O–H groups in total. The Bertz CT molecular complexity index is 317. The smallest absolute Gasteiger partial charge is 0.184 e. The van der Waals surface area contributed by atoms with Gasteiger partial charge >= 0.3 is 0 Å². The summed E-state index contributed by atoms with van der Waals surface area (Å²) in [5.41, 5.74) is 1.49. The molecule has 0 bridgehead atoms. The molecule has 0 saturated heterocycles. The van der Waals surface area contributed by atoms with Crippen molar-refractivity contribution in [1.29, 1.82) is 0 Å². The van der Waals surface area contributed by atoms with Crippen LogP contribution in [0.25, 0.3) is 0 Å². The van der Waals surface area contributed by atoms with E-state index in [1.165, 1.54) is 18.3 Å². The summed E-state index contributed by atoms with van der Waals surface area (Å²) in [5, 5.41) is 0. The van der Waals surface area contributed by atoms with Gasteiger partial charge in [0.15, 0.2) is 15.0 Å². The van der Waals surface area contributed by atoms with E-state index in [1.807, 2.05) is 6.08 Å². The number of hydrogen-bond acceptors (Lipinski definition) is 1. The predicted octanol–water partition coefficient (Wildman–Crippen LogP) is 4.58. The van der Waals surface area contributed by atoms with Crippen LogP contribution in [0.2, 0.25) is 32.3 Å². The van der Waals surface area contributed by atoms with Crippen molar-refractivity contribution in [2.75, 3.05) is 6.61 Å². The summed E-state index contributed by atoms with van der Waals surface area (Å²) < 4.78 is 6.04. The fraction of sp³-hybridized carbons (Fsp3) is 0.600. The molecule has 3 heteroatoms. The van der Waals surface area contributed by atoms with E-state index in [9.17, 15) is 0 Å². The zero-order valence-corrected chi connectivity index (χ0v) is 13.2. The molecule has 0 radical (unpaired) electrons. The first-order chi connectivity index (χ1) is 8.44. The van der Waals surface area contributed by atoms with Gasteiger partial charge in [-0.25, -0.2) is 0 Å². The van der Waals surface area contributed by atoms with Crippen molar-refractivity contribution in [1.82, 2.24) is 0 Å². The largest absolute Gasteiger partial charge is 0.414 e. The Morgan fingerprint density at radius 1 is 1.39 bits per heavy atom. The molecule has 1 aliphatic rings. The average molecular weight is 262 g/mol. The van der Waals surface area contributed by atoms with Gasteiger partial charge in [0.2, 0.25) is 0 Å². The summed E-state index contributed by atoms with van der Waals surface area (Å²) in [6.45, 7) is 16.0. The highest BCUT2D eigenvalue weighted by molar-refractivity contribution is 6.69. The summed E-state index contributed by atoms with van der Waals surface area (Å²) in [6.07, 6.45) is 8.76. The quantitative estimate of drug-likeness (QED) is 0.482. The molecule has 1 nitrogen and oxygen atoms in total. The first kappa shape index (κ1) is 15.5. The van der Waals surface area contributed by atoms with Crippen molar-refractivity contribution in [3.8, 4) is 0 Å². The monoisotopic (exact) mass is 262 g/mol. The molecule has 0 spiro atoms. The van der Waals surface area contributed by atoms with Crippen molar-refractivity contribution in [2.24, 2.45) is 5.92 Å². The van der Waals surface area contributed by atoms with E-state index in [4.69, 9.17) is 4.43 Å². The van der Waals surface area contributed by atoms with E-state index in [0.717, 1.165) is 25.3 Å². The van der Waals surface area contributed by atoms with Gasteiger partial charge in [-0.3, -0.25) is 0 Å². The van der Waals surface area contributed by atoms with Gasteiger partial charge in [0.1, 0.15) is 0 Å². The van der Waals surface area contributed by atoms with Crippen molar-refractivity contribution in [2.45, 2.75) is 45.1 Å². The average Bonchev–Trinajstić information content (AvgIpc) is 2.26. The van der Waals surface area contributed by atoms with E-state index in [2.05, 4.69) is 44.9 Å². The summed E-state index contributed by atoms with van der Waals surface area (Å²) in [6, 6.07) is 0. The van der Waals surface area contributed by atoms with Gasteiger partial charge in [-0.05, 0) is 38.4 Å². The molecule has 0 fully saturated rings. The zero-order valence-electron chi connectivity index (χ0n) is 12.2. The fourth-order valence-electron chi connectivity index (χ4n) is 2.56. The first-order valence-electron chi connectivity index (χ1n) is 7.00. The van der Waals surface area contributed by atoms with Crippen molar-refractivity contribution < 1.29 is 4.43 Å². The van der Waals surface area contributed by atoms with Crippen LogP contribution in [0.15, 0.2) is 36.9 Å². The lowest BCUT2D eigenvalue weighted by Crippen LogP contribution is -2.29. The Labute approximate surface area is 114 Å². The van der Waals surface area contributed by atoms with Gasteiger partial charge in [0.25, 0.3) is 0 Å². The van der Waals surface area contributed by atoms with Gasteiger partial charge in [0.05, 0.1) is 6.61 Å². The Hall–Kier alpha value is -0.538. The number of allylic oxidation sites excluding steroid dienone is 2. The first-order valence-corrected chi connectivity index (χ1v) is 10.4. The maximum Gasteiger partial charge on any atom is 0.184 e. The second-order valence-electron chi connectivity index (χ2n) is 6.34. The minimum absolute atomic E-state index is 0.654. The molecule has 0 aliphatic carbocycles. The third kappa shape index (κ3) is 5.87. The van der Waals surface area contributed by atoms with E-state index >= 15 is 0 Å². The van der Waals surface area contributed by atoms with Crippen LogP contribution in [-0.2, 0) is 4.43 Å². The molecule has 100 valence electrons. The number of hydrogen-bond donors (Lipinski definition) is 0. The fourth-order valence-corrected chi connectivity index (χ4v) is 3.18. The van der Waals surface area contributed by atoms with Crippen LogP contribution in [0.3, 0.4) is 0 Å². The van der Waals surface area contributed by atoms with Crippen molar-refractivity contribution in [3.63, 3.8) is 0 Å². The maximum absolute atomic E-state index is 6.04. The molecule has 1 heterocycles. The van der Waals surface area contributed by atoms with Gasteiger partial charge < -0.3 is 4.43 Å². The molecular formula is C15H27BOSi. The molecule has 0 aromatic rings. The Balaban J connectivity index is 2.61. The Morgan fingerprint density at radius 3 is 2.67 bits per heavy atom. The lowest BCUT2D eigenvalue weighted by Gasteiger charge is -2.28. The second kappa shape index (κ2) is 7.15. The predicted molar refractivity (Wildman–Crippen MR) is 85.9 cm³/mol. The van der Waals surface area contributed by atoms with E-state index < -0.39 is 8.32 Å². The van der Waals surface area contributed by atoms with Gasteiger partial charge in [-0.15, -0.1) is 19.1 Å². The van der Waals surface area contributed by atoms with Crippen LogP contribution in [0.1, 0.15) is 12.8 Å². The van der Waals surface area contributed by atoms with Crippen molar-refractivity contribution >= 4 is 15.0 Å². The molecule has 0 aromatic carbocycles. The van der Waals surface area contributed by atoms with Crippen LogP contribution in [0.5, 0.6) is 0 Å². The van der Waals surface area contributed by atoms with Crippen LogP contribution < -0.4 is 0 Å². The molecule has 1 aliphatic heterocycles. The molecule has 18 heavy (non-hydrogen) atoms. The van der Waals surface area contributed by atoms with Crippen LogP contribution in [0.4, 0.5) is 0 Å². The lowest BCUT2D eigenvalue weighted by molar-refractivity contribution is 0.334. The molecule has 1 unspecified atom stereocenters. The van der Waals surface area contributed by atoms with Gasteiger partial charge in [-0.1, -0.05) is 30.4 Å². The van der Waals surface area contributed by atoms with Gasteiger partial charge in [0, 0.05) is 0 Å². The Morgan fingerprint density at radius 2 is 2.11 bits per heavy atom. The minimum atomic E-state index is -1.40. The topological polar surface area (TPSA) is 9.23 Å². The second-order valence-corrected chi connectivity index (χ2v) is 10.9. The highest BCUT2D eigenvalue weighted by Crippen LogP contribution is 2.29. The minimum Gasteiger partial charge on any atom is -0.414 e. The van der Waals surface area contributed by atoms with Crippen LogP contribution in [-0.4, -0.2) is 21.6 Å². The molecule has 1 rings (SSSR count). The summed E-state index contributed by atoms with van der Waals surface area (Å²) in [4.78, 5) is 0. The summed E-state index contributed by atoms with van der Waals surface area (Å²) >= 11 is 0. The SMILES string of the molecule is C=CCB1C=C(CO[Si](C)(C)C)CC(CC=C)C1. The van der Waals surface area contributed by atoms with E-state index in [-0.39, 0.29) is 0 Å². The molecular weight excluding hydrogens is 235 g/mol. The normalized spacial score (nSPS) is 20.5. The molecule has 0 saturated carbocycles. The van der Waals surface area contributed by atoms with Crippen LogP contribution in [0, 0.1) is 5.92 Å². The standard InChI is InChI=1S/C15H27BOSi/c1-6-8-14-10-15(13-17-18(3,4)5)12-16(11-14)9-7-2/h6-7,12,14H,1-2,8-11,13H2,3-5H3. The highest BCUT2D eigenvalue weighted by atomic mass is 28.4. The molecule has 1 atom stereocenters. The van der Waals surface area contributed by atoms with E-state index in [1.54, 1.807) is 0 Å². The molecule has 0 amide bonds. The third-order valence-electron chi connectivity index (χ3n) is 3.32. The highest BCUT2D eigenvalue weighted by Gasteiger charge is 2.24. The number of rotatable bonds is 7. The summed E-state index contributed by atoms with van der Waals surface area (Å²) in [7, 11) is -1.40. The Kier molecular flexibility index (Phi) is 6.16. The zero-order chi connectivity index (χ0) is 13.6. The maximum atomic E-state index is 6.04. The molecule has 0 aromatic heterocycles. The van der Waals surface area contributed by atoms with E-state index in [0.29, 0.717) is 6.71 Å². The third-order valence-corrected chi connectivity index (χ3v) is 4.33.